The van der Waals surface area contributed by atoms with E-state index < -0.39 is 0 Å². The van der Waals surface area contributed by atoms with Crippen LogP contribution in [0, 0.1) is 0 Å². The lowest BCUT2D eigenvalue weighted by Gasteiger charge is -1.98. The third-order valence-corrected chi connectivity index (χ3v) is 3.77. The Bertz CT molecular complexity index is 803. The zero-order chi connectivity index (χ0) is 16.1. The summed E-state index contributed by atoms with van der Waals surface area (Å²) >= 11 is 0. The minimum Gasteiger partial charge on any atom is -0.356 e. The van der Waals surface area contributed by atoms with Gasteiger partial charge in [0.25, 0.3) is 0 Å². The summed E-state index contributed by atoms with van der Waals surface area (Å²) in [5.74, 6) is 0. The number of fused-ring (bicyclic) bond motifs is 1. The highest BCUT2D eigenvalue weighted by molar-refractivity contribution is 5.80. The number of hydrogen-bond donors (Lipinski definition) is 1. The summed E-state index contributed by atoms with van der Waals surface area (Å²) in [6, 6.07) is 2.06. The minimum absolute atomic E-state index is 0.831. The van der Waals surface area contributed by atoms with Gasteiger partial charge >= 0.3 is 0 Å². The third-order valence-electron chi connectivity index (χ3n) is 3.77. The monoisotopic (exact) mass is 306 g/mol. The van der Waals surface area contributed by atoms with E-state index >= 15 is 0 Å². The molecular formula is C19H22N4. The number of H-pyrrole nitrogens is 1. The molecule has 0 aromatic carbocycles. The van der Waals surface area contributed by atoms with Crippen LogP contribution in [-0.2, 0) is 13.5 Å². The maximum atomic E-state index is 4.35. The van der Waals surface area contributed by atoms with Crippen LogP contribution in [0.5, 0.6) is 0 Å². The van der Waals surface area contributed by atoms with Gasteiger partial charge in [-0.25, -0.2) is 4.98 Å². The first-order valence-corrected chi connectivity index (χ1v) is 8.03. The van der Waals surface area contributed by atoms with Gasteiger partial charge in [-0.1, -0.05) is 31.2 Å². The van der Waals surface area contributed by atoms with Gasteiger partial charge in [0, 0.05) is 37.4 Å². The Hall–Kier alpha value is -2.62. The van der Waals surface area contributed by atoms with Crippen LogP contribution in [0.3, 0.4) is 0 Å². The Labute approximate surface area is 136 Å². The molecule has 0 atom stereocenters. The summed E-state index contributed by atoms with van der Waals surface area (Å²) < 4.78 is 2.10. The molecule has 0 amide bonds. The van der Waals surface area contributed by atoms with Crippen LogP contribution in [0.4, 0.5) is 0 Å². The molecule has 0 unspecified atom stereocenters. The molecule has 0 saturated carbocycles. The fourth-order valence-electron chi connectivity index (χ4n) is 2.69. The molecule has 0 spiro atoms. The lowest BCUT2D eigenvalue weighted by molar-refractivity contribution is 0.922. The van der Waals surface area contributed by atoms with Crippen molar-refractivity contribution in [2.45, 2.75) is 26.2 Å². The van der Waals surface area contributed by atoms with Crippen molar-refractivity contribution in [2.24, 2.45) is 7.05 Å². The number of aromatic amines is 1. The van der Waals surface area contributed by atoms with Gasteiger partial charge in [-0.2, -0.15) is 0 Å². The van der Waals surface area contributed by atoms with Gasteiger partial charge in [0.2, 0.25) is 0 Å². The van der Waals surface area contributed by atoms with E-state index in [1.807, 2.05) is 0 Å². The van der Waals surface area contributed by atoms with Crippen LogP contribution in [-0.4, -0.2) is 19.5 Å². The van der Waals surface area contributed by atoms with Crippen molar-refractivity contribution >= 4 is 11.2 Å². The van der Waals surface area contributed by atoms with Gasteiger partial charge in [0.15, 0.2) is 5.65 Å². The smallest absolute Gasteiger partial charge is 0.156 e. The quantitative estimate of drug-likeness (QED) is 0.685. The number of nitrogens with one attached hydrogen (secondary N) is 1. The van der Waals surface area contributed by atoms with Crippen molar-refractivity contribution in [3.63, 3.8) is 0 Å². The molecular weight excluding hydrogens is 284 g/mol. The van der Waals surface area contributed by atoms with Crippen LogP contribution in [0.2, 0.25) is 0 Å². The third kappa shape index (κ3) is 3.59. The van der Waals surface area contributed by atoms with Crippen LogP contribution in [0.15, 0.2) is 55.2 Å². The molecule has 3 heterocycles. The number of nitrogens with zero attached hydrogens (tertiary/aromatic N) is 3. The first-order valence-electron chi connectivity index (χ1n) is 8.03. The molecule has 0 bridgehead atoms. The fourth-order valence-corrected chi connectivity index (χ4v) is 2.69. The number of hydrogen-bond acceptors (Lipinski definition) is 2. The topological polar surface area (TPSA) is 46.5 Å². The molecule has 0 aliphatic carbocycles. The second-order valence-corrected chi connectivity index (χ2v) is 5.63. The Balaban J connectivity index is 1.81. The van der Waals surface area contributed by atoms with E-state index in [1.54, 1.807) is 12.4 Å². The maximum absolute atomic E-state index is 4.35. The first kappa shape index (κ1) is 15.3. The number of aromatic nitrogens is 4. The lowest BCUT2D eigenvalue weighted by Crippen LogP contribution is -1.83. The van der Waals surface area contributed by atoms with Gasteiger partial charge in [-0.15, -0.1) is 0 Å². The highest BCUT2D eigenvalue weighted by atomic mass is 14.9. The largest absolute Gasteiger partial charge is 0.356 e. The van der Waals surface area contributed by atoms with Gasteiger partial charge in [0.1, 0.15) is 5.52 Å². The molecule has 0 aliphatic rings. The molecule has 0 saturated heterocycles. The van der Waals surface area contributed by atoms with Crippen molar-refractivity contribution in [1.29, 1.82) is 0 Å². The maximum Gasteiger partial charge on any atom is 0.156 e. The molecule has 1 N–H and O–H groups in total. The SMILES string of the molecule is CC/C=C\C/C=C\Cc1cn(C)cc1-c1cc2nccnc2[nH]1. The van der Waals surface area contributed by atoms with Gasteiger partial charge < -0.3 is 9.55 Å². The zero-order valence-electron chi connectivity index (χ0n) is 13.7. The summed E-state index contributed by atoms with van der Waals surface area (Å²) in [5.41, 5.74) is 5.31. The van der Waals surface area contributed by atoms with E-state index in [9.17, 15) is 0 Å². The average Bonchev–Trinajstić information content (AvgIpc) is 3.13. The second-order valence-electron chi connectivity index (χ2n) is 5.63. The van der Waals surface area contributed by atoms with Gasteiger partial charge in [0.05, 0.1) is 5.69 Å². The highest BCUT2D eigenvalue weighted by Gasteiger charge is 2.10. The molecule has 4 nitrogen and oxygen atoms in total. The average molecular weight is 306 g/mol. The highest BCUT2D eigenvalue weighted by Crippen LogP contribution is 2.26. The summed E-state index contributed by atoms with van der Waals surface area (Å²) in [7, 11) is 2.06. The zero-order valence-corrected chi connectivity index (χ0v) is 13.7. The normalized spacial score (nSPS) is 12.1. The molecule has 23 heavy (non-hydrogen) atoms. The van der Waals surface area contributed by atoms with Crippen molar-refractivity contribution in [3.05, 3.63) is 60.7 Å². The summed E-state index contributed by atoms with van der Waals surface area (Å²) in [4.78, 5) is 12.0. The van der Waals surface area contributed by atoms with Gasteiger partial charge in [-0.3, -0.25) is 4.98 Å². The van der Waals surface area contributed by atoms with Crippen LogP contribution in [0.25, 0.3) is 22.4 Å². The Morgan fingerprint density at radius 2 is 1.91 bits per heavy atom. The summed E-state index contributed by atoms with van der Waals surface area (Å²) in [6.45, 7) is 2.15. The number of allylic oxidation sites excluding steroid dienone is 4. The fraction of sp³-hybridized carbons (Fsp3) is 0.263. The van der Waals surface area contributed by atoms with E-state index in [0.29, 0.717) is 0 Å². The molecule has 0 fully saturated rings. The summed E-state index contributed by atoms with van der Waals surface area (Å²) in [6.07, 6.45) is 19.6. The predicted molar refractivity (Wildman–Crippen MR) is 95.2 cm³/mol. The molecule has 3 aromatic rings. The minimum atomic E-state index is 0.831. The van der Waals surface area contributed by atoms with E-state index in [2.05, 4.69) is 76.3 Å². The second kappa shape index (κ2) is 7.09. The number of rotatable bonds is 6. The molecule has 4 heteroatoms. The van der Waals surface area contributed by atoms with Crippen molar-refractivity contribution < 1.29 is 0 Å². The molecule has 118 valence electrons. The van der Waals surface area contributed by atoms with E-state index in [1.165, 1.54) is 11.1 Å². The Morgan fingerprint density at radius 3 is 2.74 bits per heavy atom. The van der Waals surface area contributed by atoms with E-state index in [-0.39, 0.29) is 0 Å². The molecule has 0 aliphatic heterocycles. The standard InChI is InChI=1S/C19H22N4/c1-3-4-5-6-7-8-9-15-13-23(2)14-16(15)17-12-18-19(22-17)21-11-10-20-18/h4-5,7-8,10-14H,3,6,9H2,1-2H3,(H,21,22)/b5-4-,8-7-. The van der Waals surface area contributed by atoms with Crippen LogP contribution >= 0.6 is 0 Å². The summed E-state index contributed by atoms with van der Waals surface area (Å²) in [5, 5.41) is 0. The Morgan fingerprint density at radius 1 is 1.09 bits per heavy atom. The predicted octanol–water partition coefficient (Wildman–Crippen LogP) is 4.42. The Kier molecular flexibility index (Phi) is 4.71. The lowest BCUT2D eigenvalue weighted by atomic mass is 10.1. The van der Waals surface area contributed by atoms with Crippen LogP contribution < -0.4 is 0 Å². The number of aryl methyl sites for hydroxylation is 1. The molecule has 3 aromatic heterocycles. The van der Waals surface area contributed by atoms with Gasteiger partial charge in [-0.05, 0) is 30.9 Å². The van der Waals surface area contributed by atoms with Crippen molar-refractivity contribution in [1.82, 2.24) is 19.5 Å². The van der Waals surface area contributed by atoms with Crippen molar-refractivity contribution in [2.75, 3.05) is 0 Å². The molecule has 0 radical (unpaired) electrons. The van der Waals surface area contributed by atoms with E-state index in [4.69, 9.17) is 0 Å². The van der Waals surface area contributed by atoms with E-state index in [0.717, 1.165) is 36.1 Å². The molecule has 3 rings (SSSR count). The first-order chi connectivity index (χ1) is 11.3. The van der Waals surface area contributed by atoms with Crippen molar-refractivity contribution in [3.8, 4) is 11.3 Å². The van der Waals surface area contributed by atoms with Crippen LogP contribution in [0.1, 0.15) is 25.3 Å².